The highest BCUT2D eigenvalue weighted by molar-refractivity contribution is 7.89. The van der Waals surface area contributed by atoms with E-state index in [1.54, 1.807) is 18.2 Å². The van der Waals surface area contributed by atoms with Crippen LogP contribution in [0.15, 0.2) is 47.4 Å². The maximum Gasteiger partial charge on any atom is 0.241 e. The molecule has 0 heterocycles. The van der Waals surface area contributed by atoms with Crippen LogP contribution in [0.25, 0.3) is 10.8 Å². The minimum Gasteiger partial charge on any atom is -0.383 e. The Morgan fingerprint density at radius 3 is 2.62 bits per heavy atom. The third-order valence-corrected chi connectivity index (χ3v) is 4.82. The van der Waals surface area contributed by atoms with Gasteiger partial charge in [0.05, 0.1) is 11.5 Å². The van der Waals surface area contributed by atoms with Gasteiger partial charge >= 0.3 is 0 Å². The molecule has 5 nitrogen and oxygen atoms in total. The van der Waals surface area contributed by atoms with E-state index in [2.05, 4.69) is 4.72 Å². The molecular formula is C15H20N2O3S. The van der Waals surface area contributed by atoms with Crippen LogP contribution >= 0.6 is 0 Å². The molecule has 0 aromatic heterocycles. The molecule has 0 aliphatic heterocycles. The van der Waals surface area contributed by atoms with Crippen LogP contribution in [-0.4, -0.2) is 34.7 Å². The van der Waals surface area contributed by atoms with Crippen LogP contribution in [0, 0.1) is 0 Å². The van der Waals surface area contributed by atoms with E-state index in [4.69, 9.17) is 10.5 Å². The number of hydrogen-bond donors (Lipinski definition) is 2. The maximum atomic E-state index is 12.6. The van der Waals surface area contributed by atoms with Gasteiger partial charge in [-0.15, -0.1) is 0 Å². The molecule has 2 aromatic rings. The zero-order chi connectivity index (χ0) is 15.3. The number of rotatable bonds is 7. The van der Waals surface area contributed by atoms with E-state index in [-0.39, 0.29) is 10.9 Å². The number of nitrogens with two attached hydrogens (primary N) is 1. The number of ether oxygens (including phenoxy) is 1. The lowest BCUT2D eigenvalue weighted by molar-refractivity contribution is 0.172. The monoisotopic (exact) mass is 308 g/mol. The maximum absolute atomic E-state index is 12.6. The smallest absolute Gasteiger partial charge is 0.241 e. The highest BCUT2D eigenvalue weighted by Crippen LogP contribution is 2.22. The van der Waals surface area contributed by atoms with Crippen LogP contribution in [0.2, 0.25) is 0 Å². The van der Waals surface area contributed by atoms with Gasteiger partial charge < -0.3 is 10.5 Å². The van der Waals surface area contributed by atoms with E-state index in [0.717, 1.165) is 5.39 Å². The number of fused-ring (bicyclic) bond motifs is 1. The summed E-state index contributed by atoms with van der Waals surface area (Å²) in [5.41, 5.74) is 5.52. The molecule has 0 fully saturated rings. The molecule has 1 atom stereocenters. The standard InChI is InChI=1S/C15H20N2O3S/c1-20-11-13(9-10-16)17-21(18,19)15-8-4-6-12-5-2-3-7-14(12)15/h2-8,13,17H,9-11,16H2,1H3. The molecule has 0 bridgehead atoms. The summed E-state index contributed by atoms with van der Waals surface area (Å²) in [6, 6.07) is 12.3. The lowest BCUT2D eigenvalue weighted by Gasteiger charge is -2.18. The van der Waals surface area contributed by atoms with Crippen molar-refractivity contribution in [2.24, 2.45) is 5.73 Å². The van der Waals surface area contributed by atoms with Crippen molar-refractivity contribution in [1.82, 2.24) is 4.72 Å². The van der Waals surface area contributed by atoms with Gasteiger partial charge in [0.1, 0.15) is 0 Å². The van der Waals surface area contributed by atoms with Gasteiger partial charge in [0, 0.05) is 18.5 Å². The Morgan fingerprint density at radius 1 is 1.19 bits per heavy atom. The van der Waals surface area contributed by atoms with Crippen molar-refractivity contribution in [3.63, 3.8) is 0 Å². The molecule has 0 amide bonds. The highest BCUT2D eigenvalue weighted by atomic mass is 32.2. The molecule has 0 radical (unpaired) electrons. The predicted octanol–water partition coefficient (Wildman–Crippen LogP) is 1.48. The molecule has 114 valence electrons. The van der Waals surface area contributed by atoms with Crippen molar-refractivity contribution in [3.05, 3.63) is 42.5 Å². The minimum absolute atomic E-state index is 0.277. The summed E-state index contributed by atoms with van der Waals surface area (Å²) in [4.78, 5) is 0.277. The second kappa shape index (κ2) is 7.00. The van der Waals surface area contributed by atoms with Gasteiger partial charge in [-0.1, -0.05) is 36.4 Å². The molecule has 0 aliphatic rings. The normalized spacial score (nSPS) is 13.4. The molecule has 2 aromatic carbocycles. The lowest BCUT2D eigenvalue weighted by Crippen LogP contribution is -2.39. The molecule has 0 aliphatic carbocycles. The van der Waals surface area contributed by atoms with Crippen molar-refractivity contribution in [2.45, 2.75) is 17.4 Å². The summed E-state index contributed by atoms with van der Waals surface area (Å²) < 4.78 is 32.9. The van der Waals surface area contributed by atoms with Crippen molar-refractivity contribution < 1.29 is 13.2 Å². The van der Waals surface area contributed by atoms with Crippen molar-refractivity contribution in [3.8, 4) is 0 Å². The summed E-state index contributed by atoms with van der Waals surface area (Å²) in [5.74, 6) is 0. The second-order valence-electron chi connectivity index (χ2n) is 4.83. The number of nitrogens with one attached hydrogen (secondary N) is 1. The number of benzene rings is 2. The van der Waals surface area contributed by atoms with Crippen LogP contribution in [0.3, 0.4) is 0 Å². The molecule has 6 heteroatoms. The van der Waals surface area contributed by atoms with E-state index in [9.17, 15) is 8.42 Å². The quantitative estimate of drug-likeness (QED) is 0.812. The number of methoxy groups -OCH3 is 1. The molecule has 21 heavy (non-hydrogen) atoms. The molecule has 0 saturated carbocycles. The molecule has 1 unspecified atom stereocenters. The number of sulfonamides is 1. The Bertz CT molecular complexity index is 690. The van der Waals surface area contributed by atoms with Crippen LogP contribution in [-0.2, 0) is 14.8 Å². The average molecular weight is 308 g/mol. The molecule has 3 N–H and O–H groups in total. The zero-order valence-corrected chi connectivity index (χ0v) is 12.8. The Labute approximate surface area is 125 Å². The molecule has 0 saturated heterocycles. The van der Waals surface area contributed by atoms with E-state index in [1.807, 2.05) is 24.3 Å². The molecule has 2 rings (SSSR count). The number of hydrogen-bond acceptors (Lipinski definition) is 4. The SMILES string of the molecule is COCC(CCN)NS(=O)(=O)c1cccc2ccccc12. The van der Waals surface area contributed by atoms with Crippen molar-refractivity contribution in [2.75, 3.05) is 20.3 Å². The lowest BCUT2D eigenvalue weighted by atomic mass is 10.1. The summed E-state index contributed by atoms with van der Waals surface area (Å²) in [6.45, 7) is 0.688. The van der Waals surface area contributed by atoms with Crippen LogP contribution in [0.1, 0.15) is 6.42 Å². The molecular weight excluding hydrogens is 288 g/mol. The van der Waals surface area contributed by atoms with E-state index >= 15 is 0 Å². The first-order valence-electron chi connectivity index (χ1n) is 6.77. The summed E-state index contributed by atoms with van der Waals surface area (Å²) in [6.07, 6.45) is 0.526. The Hall–Kier alpha value is -1.47. The van der Waals surface area contributed by atoms with Gasteiger partial charge in [0.25, 0.3) is 0 Å². The third-order valence-electron chi connectivity index (χ3n) is 3.24. The van der Waals surface area contributed by atoms with Crippen LogP contribution < -0.4 is 10.5 Å². The van der Waals surface area contributed by atoms with E-state index < -0.39 is 10.0 Å². The highest BCUT2D eigenvalue weighted by Gasteiger charge is 2.21. The van der Waals surface area contributed by atoms with Gasteiger partial charge in [-0.25, -0.2) is 13.1 Å². The molecule has 0 spiro atoms. The first-order chi connectivity index (χ1) is 10.1. The van der Waals surface area contributed by atoms with Crippen molar-refractivity contribution in [1.29, 1.82) is 0 Å². The largest absolute Gasteiger partial charge is 0.383 e. The van der Waals surface area contributed by atoms with E-state index in [1.165, 1.54) is 7.11 Å². The van der Waals surface area contributed by atoms with Gasteiger partial charge in [0.15, 0.2) is 0 Å². The summed E-state index contributed by atoms with van der Waals surface area (Å²) in [7, 11) is -2.08. The minimum atomic E-state index is -3.62. The fourth-order valence-corrected chi connectivity index (χ4v) is 3.78. The average Bonchev–Trinajstić information content (AvgIpc) is 2.47. The van der Waals surface area contributed by atoms with Gasteiger partial charge in [-0.3, -0.25) is 0 Å². The summed E-state index contributed by atoms with van der Waals surface area (Å²) >= 11 is 0. The van der Waals surface area contributed by atoms with Gasteiger partial charge in [-0.05, 0) is 24.4 Å². The second-order valence-corrected chi connectivity index (χ2v) is 6.51. The third kappa shape index (κ3) is 3.79. The first kappa shape index (κ1) is 15.9. The van der Waals surface area contributed by atoms with Crippen LogP contribution in [0.5, 0.6) is 0 Å². The summed E-state index contributed by atoms with van der Waals surface area (Å²) in [5, 5.41) is 1.60. The van der Waals surface area contributed by atoms with Gasteiger partial charge in [-0.2, -0.15) is 0 Å². The Kier molecular flexibility index (Phi) is 5.30. The predicted molar refractivity (Wildman–Crippen MR) is 83.6 cm³/mol. The Balaban J connectivity index is 2.37. The van der Waals surface area contributed by atoms with Crippen molar-refractivity contribution >= 4 is 20.8 Å². The Morgan fingerprint density at radius 2 is 1.90 bits per heavy atom. The topological polar surface area (TPSA) is 81.4 Å². The fourth-order valence-electron chi connectivity index (χ4n) is 2.29. The first-order valence-corrected chi connectivity index (χ1v) is 8.26. The van der Waals surface area contributed by atoms with E-state index in [0.29, 0.717) is 25.0 Å². The van der Waals surface area contributed by atoms with Crippen LogP contribution in [0.4, 0.5) is 0 Å². The zero-order valence-electron chi connectivity index (χ0n) is 12.0. The van der Waals surface area contributed by atoms with Gasteiger partial charge in [0.2, 0.25) is 10.0 Å². The fraction of sp³-hybridized carbons (Fsp3) is 0.333.